The third kappa shape index (κ3) is 5.56. The number of amidine groups is 1. The molecule has 0 aliphatic carbocycles. The maximum atomic E-state index is 6.17. The summed E-state index contributed by atoms with van der Waals surface area (Å²) in [6.07, 6.45) is 0. The highest BCUT2D eigenvalue weighted by Crippen LogP contribution is 2.29. The minimum atomic E-state index is 0.284. The summed E-state index contributed by atoms with van der Waals surface area (Å²) >= 11 is 4.35. The van der Waals surface area contributed by atoms with Crippen molar-refractivity contribution in [2.24, 2.45) is 16.7 Å². The molecule has 0 aromatic heterocycles. The number of hydrogen-bond acceptors (Lipinski definition) is 7. The van der Waals surface area contributed by atoms with Gasteiger partial charge in [-0.3, -0.25) is 0 Å². The molecule has 0 saturated heterocycles. The average Bonchev–Trinajstić information content (AvgIpc) is 2.68. The van der Waals surface area contributed by atoms with E-state index in [1.54, 1.807) is 11.4 Å². The summed E-state index contributed by atoms with van der Waals surface area (Å²) in [5.74, 6) is 7.40. The highest BCUT2D eigenvalue weighted by atomic mass is 32.1. The molecule has 0 spiro atoms. The monoisotopic (exact) mass is 408 g/mol. The Kier molecular flexibility index (Phi) is 6.48. The molecule has 0 fully saturated rings. The van der Waals surface area contributed by atoms with E-state index in [9.17, 15) is 0 Å². The molecule has 3 aromatic rings. The molecule has 0 saturated carbocycles. The van der Waals surface area contributed by atoms with Crippen molar-refractivity contribution in [3.05, 3.63) is 78.4 Å². The van der Waals surface area contributed by atoms with E-state index < -0.39 is 0 Å². The van der Waals surface area contributed by atoms with Crippen molar-refractivity contribution in [3.63, 3.8) is 0 Å². The van der Waals surface area contributed by atoms with Gasteiger partial charge in [0.1, 0.15) is 11.5 Å². The fraction of sp³-hybridized carbons (Fsp3) is 0.0952. The quantitative estimate of drug-likeness (QED) is 0.156. The molecule has 0 amide bonds. The van der Waals surface area contributed by atoms with Crippen LogP contribution in [0.25, 0.3) is 0 Å². The molecule has 0 atom stereocenters. The first-order valence-corrected chi connectivity index (χ1v) is 9.32. The zero-order chi connectivity index (χ0) is 20.8. The minimum Gasteiger partial charge on any atom is -0.457 e. The van der Waals surface area contributed by atoms with Gasteiger partial charge in [-0.1, -0.05) is 37.1 Å². The van der Waals surface area contributed by atoms with Crippen LogP contribution < -0.4 is 25.9 Å². The maximum Gasteiger partial charge on any atom is 0.154 e. The largest absolute Gasteiger partial charge is 0.457 e. The Morgan fingerprint density at radius 1 is 0.966 bits per heavy atom. The number of nitrogens with zero attached hydrogens (tertiary/aromatic N) is 3. The van der Waals surface area contributed by atoms with Gasteiger partial charge >= 0.3 is 0 Å². The number of thiol groups is 1. The average molecular weight is 409 g/mol. The molecule has 0 radical (unpaired) electrons. The van der Waals surface area contributed by atoms with Gasteiger partial charge in [0, 0.05) is 42.8 Å². The molecule has 7 nitrogen and oxygen atoms in total. The van der Waals surface area contributed by atoms with Gasteiger partial charge in [-0.25, -0.2) is 11.0 Å². The van der Waals surface area contributed by atoms with Gasteiger partial charge in [-0.05, 0) is 42.5 Å². The van der Waals surface area contributed by atoms with Crippen LogP contribution in [0.15, 0.2) is 77.9 Å². The lowest BCUT2D eigenvalue weighted by molar-refractivity contribution is 0.372. The van der Waals surface area contributed by atoms with E-state index in [0.29, 0.717) is 5.56 Å². The van der Waals surface area contributed by atoms with Crippen LogP contribution in [0.1, 0.15) is 5.56 Å². The number of hydrazine groups is 1. The molecular weight excluding hydrogens is 384 g/mol. The van der Waals surface area contributed by atoms with Gasteiger partial charge in [0.2, 0.25) is 0 Å². The second-order valence-corrected chi connectivity index (χ2v) is 6.98. The Hall–Kier alpha value is -3.36. The molecule has 29 heavy (non-hydrogen) atoms. The van der Waals surface area contributed by atoms with Crippen LogP contribution in [0.4, 0.5) is 17.1 Å². The summed E-state index contributed by atoms with van der Waals surface area (Å²) in [6, 6.07) is 23.0. The molecule has 0 aliphatic heterocycles. The first-order chi connectivity index (χ1) is 13.9. The van der Waals surface area contributed by atoms with Crippen molar-refractivity contribution < 1.29 is 4.74 Å². The van der Waals surface area contributed by atoms with Crippen LogP contribution in [0.3, 0.4) is 0 Å². The highest BCUT2D eigenvalue weighted by Gasteiger charge is 2.11. The third-order valence-electron chi connectivity index (χ3n) is 4.01. The zero-order valence-corrected chi connectivity index (χ0v) is 17.2. The summed E-state index contributed by atoms with van der Waals surface area (Å²) < 4.78 is 7.60. The molecule has 3 aromatic carbocycles. The lowest BCUT2D eigenvalue weighted by Gasteiger charge is -2.18. The van der Waals surface area contributed by atoms with Crippen LogP contribution in [-0.4, -0.2) is 25.0 Å². The van der Waals surface area contributed by atoms with E-state index in [0.717, 1.165) is 28.6 Å². The minimum absolute atomic E-state index is 0.284. The number of hydrogen-bond donors (Lipinski definition) is 4. The fourth-order valence-electron chi connectivity index (χ4n) is 2.70. The molecule has 0 aliphatic rings. The number of benzene rings is 3. The Bertz CT molecular complexity index is 991. The SMILES string of the molecule is CN(N)/N=C(\N)c1cc(N(C)S)ccc1Nc1cccc(Oc2ccccc2)c1. The van der Waals surface area contributed by atoms with Crippen LogP contribution in [-0.2, 0) is 0 Å². The smallest absolute Gasteiger partial charge is 0.154 e. The second kappa shape index (κ2) is 9.22. The van der Waals surface area contributed by atoms with Gasteiger partial charge in [-0.2, -0.15) is 0 Å². The summed E-state index contributed by atoms with van der Waals surface area (Å²) in [7, 11) is 3.45. The molecule has 3 rings (SSSR count). The molecular formula is C21H24N6OS. The number of para-hydroxylation sites is 1. The van der Waals surface area contributed by atoms with E-state index in [4.69, 9.17) is 16.3 Å². The fourth-order valence-corrected chi connectivity index (χ4v) is 2.82. The molecule has 0 heterocycles. The van der Waals surface area contributed by atoms with E-state index >= 15 is 0 Å². The predicted octanol–water partition coefficient (Wildman–Crippen LogP) is 3.93. The Labute approximate surface area is 176 Å². The topological polar surface area (TPSA) is 92.1 Å². The van der Waals surface area contributed by atoms with Crippen LogP contribution in [0, 0.1) is 0 Å². The van der Waals surface area contributed by atoms with Crippen molar-refractivity contribution in [3.8, 4) is 11.5 Å². The third-order valence-corrected chi connectivity index (χ3v) is 4.24. The number of nitrogens with one attached hydrogen (secondary N) is 1. The van der Waals surface area contributed by atoms with E-state index in [2.05, 4.69) is 23.2 Å². The molecule has 150 valence electrons. The highest BCUT2D eigenvalue weighted by molar-refractivity contribution is 7.81. The number of anilines is 3. The summed E-state index contributed by atoms with van der Waals surface area (Å²) in [4.78, 5) is 0. The van der Waals surface area contributed by atoms with Crippen molar-refractivity contribution in [2.75, 3.05) is 23.7 Å². The van der Waals surface area contributed by atoms with Gasteiger partial charge in [0.15, 0.2) is 5.84 Å². The van der Waals surface area contributed by atoms with E-state index in [1.807, 2.05) is 79.8 Å². The maximum absolute atomic E-state index is 6.17. The normalized spacial score (nSPS) is 11.1. The van der Waals surface area contributed by atoms with Crippen molar-refractivity contribution in [2.45, 2.75) is 0 Å². The zero-order valence-electron chi connectivity index (χ0n) is 16.3. The summed E-state index contributed by atoms with van der Waals surface area (Å²) in [5.41, 5.74) is 9.37. The van der Waals surface area contributed by atoms with E-state index in [-0.39, 0.29) is 5.84 Å². The Balaban J connectivity index is 1.90. The van der Waals surface area contributed by atoms with Crippen LogP contribution in [0.2, 0.25) is 0 Å². The first kappa shape index (κ1) is 20.4. The van der Waals surface area contributed by atoms with Crippen molar-refractivity contribution >= 4 is 35.7 Å². The standard InChI is InChI=1S/C21H24N6OS/c1-26(29)16-11-12-20(19(14-16)21(22)25-27(2)23)24-15-7-6-10-18(13-15)28-17-8-4-3-5-9-17/h3-14,24,29H,23H2,1-2H3,(H2,22,25). The summed E-state index contributed by atoms with van der Waals surface area (Å²) in [5, 5.41) is 8.67. The van der Waals surface area contributed by atoms with Gasteiger partial charge in [0.05, 0.1) is 0 Å². The number of hydrazone groups is 1. The summed E-state index contributed by atoms with van der Waals surface area (Å²) in [6.45, 7) is 0. The predicted molar refractivity (Wildman–Crippen MR) is 123 cm³/mol. The van der Waals surface area contributed by atoms with Crippen LogP contribution in [0.5, 0.6) is 11.5 Å². The number of nitrogens with two attached hydrogens (primary N) is 2. The molecule has 8 heteroatoms. The van der Waals surface area contributed by atoms with Crippen molar-refractivity contribution in [1.82, 2.24) is 5.12 Å². The van der Waals surface area contributed by atoms with E-state index in [1.165, 1.54) is 5.12 Å². The van der Waals surface area contributed by atoms with Gasteiger partial charge < -0.3 is 20.1 Å². The van der Waals surface area contributed by atoms with Gasteiger partial charge in [0.25, 0.3) is 0 Å². The molecule has 5 N–H and O–H groups in total. The van der Waals surface area contributed by atoms with Crippen LogP contribution >= 0.6 is 12.8 Å². The van der Waals surface area contributed by atoms with Gasteiger partial charge in [-0.15, -0.1) is 5.10 Å². The number of rotatable bonds is 7. The van der Waals surface area contributed by atoms with Crippen molar-refractivity contribution in [1.29, 1.82) is 0 Å². The second-order valence-electron chi connectivity index (χ2n) is 6.38. The lowest BCUT2D eigenvalue weighted by Crippen LogP contribution is -2.26. The lowest BCUT2D eigenvalue weighted by atomic mass is 10.1. The molecule has 0 bridgehead atoms. The first-order valence-electron chi connectivity index (χ1n) is 8.92. The Morgan fingerprint density at radius 2 is 1.69 bits per heavy atom. The molecule has 0 unspecified atom stereocenters. The Morgan fingerprint density at radius 3 is 2.38 bits per heavy atom. The number of ether oxygens (including phenoxy) is 1.